The predicted octanol–water partition coefficient (Wildman–Crippen LogP) is 2.28. The molecule has 9 nitrogen and oxygen atoms in total. The van der Waals surface area contributed by atoms with E-state index in [1.807, 2.05) is 62.3 Å². The number of aromatic nitrogens is 3. The molecule has 2 aromatic carbocycles. The second kappa shape index (κ2) is 8.12. The first-order valence-electron chi connectivity index (χ1n) is 9.89. The molecule has 1 unspecified atom stereocenters. The smallest absolute Gasteiger partial charge is 0.238 e. The fraction of sp³-hybridized carbons (Fsp3) is 0.286. The van der Waals surface area contributed by atoms with Gasteiger partial charge in [0.25, 0.3) is 0 Å². The highest BCUT2D eigenvalue weighted by atomic mass is 32.2. The molecule has 2 heterocycles. The molecule has 0 fully saturated rings. The monoisotopic (exact) mass is 439 g/mol. The quantitative estimate of drug-likeness (QED) is 0.601. The Morgan fingerprint density at radius 3 is 2.52 bits per heavy atom. The van der Waals surface area contributed by atoms with Crippen molar-refractivity contribution in [2.75, 3.05) is 29.2 Å². The number of anilines is 4. The van der Waals surface area contributed by atoms with Gasteiger partial charge >= 0.3 is 0 Å². The number of primary sulfonamides is 1. The fourth-order valence-electron chi connectivity index (χ4n) is 3.70. The van der Waals surface area contributed by atoms with Crippen LogP contribution in [0.25, 0.3) is 0 Å². The van der Waals surface area contributed by atoms with Crippen LogP contribution in [0.15, 0.2) is 53.4 Å². The summed E-state index contributed by atoms with van der Waals surface area (Å²) in [7, 11) is -0.103. The van der Waals surface area contributed by atoms with Crippen LogP contribution in [0.2, 0.25) is 0 Å². The number of benzene rings is 2. The molecule has 0 bridgehead atoms. The maximum Gasteiger partial charge on any atom is 0.238 e. The zero-order valence-electron chi connectivity index (χ0n) is 17.6. The molecule has 3 N–H and O–H groups in total. The van der Waals surface area contributed by atoms with Gasteiger partial charge in [0.2, 0.25) is 27.9 Å². The lowest BCUT2D eigenvalue weighted by Gasteiger charge is -2.24. The molecule has 0 saturated heterocycles. The summed E-state index contributed by atoms with van der Waals surface area (Å²) in [6.45, 7) is 2.57. The highest BCUT2D eigenvalue weighted by Crippen LogP contribution is 2.40. The van der Waals surface area contributed by atoms with Gasteiger partial charge in [0.05, 0.1) is 4.90 Å². The van der Waals surface area contributed by atoms with Crippen LogP contribution in [0.5, 0.6) is 0 Å². The van der Waals surface area contributed by atoms with Crippen molar-refractivity contribution in [1.82, 2.24) is 15.0 Å². The van der Waals surface area contributed by atoms with Gasteiger partial charge in [-0.05, 0) is 36.6 Å². The van der Waals surface area contributed by atoms with Crippen LogP contribution in [0.4, 0.5) is 23.5 Å². The molecule has 31 heavy (non-hydrogen) atoms. The van der Waals surface area contributed by atoms with Gasteiger partial charge in [0.1, 0.15) is 0 Å². The zero-order chi connectivity index (χ0) is 22.2. The van der Waals surface area contributed by atoms with E-state index in [1.54, 1.807) is 11.0 Å². The Kier molecular flexibility index (Phi) is 5.50. The van der Waals surface area contributed by atoms with Crippen molar-refractivity contribution in [3.63, 3.8) is 0 Å². The fourth-order valence-corrected chi connectivity index (χ4v) is 4.50. The van der Waals surface area contributed by atoms with Crippen LogP contribution in [-0.2, 0) is 23.0 Å². The number of hydrogen-bond donors (Lipinski definition) is 2. The third-order valence-corrected chi connectivity index (χ3v) is 6.13. The van der Waals surface area contributed by atoms with Gasteiger partial charge in [-0.2, -0.15) is 15.0 Å². The number of rotatable bonds is 6. The van der Waals surface area contributed by atoms with Crippen molar-refractivity contribution in [3.05, 3.63) is 59.7 Å². The third kappa shape index (κ3) is 4.30. The molecule has 3 aromatic rings. The molecule has 162 valence electrons. The SMILES string of the molecule is CC1Cc2c(cccc2S(N)(=O)=O)N1c1nc(NCc2ccccc2)nc(N(C)C)n1. The van der Waals surface area contributed by atoms with E-state index >= 15 is 0 Å². The van der Waals surface area contributed by atoms with Gasteiger partial charge in [0.15, 0.2) is 0 Å². The minimum atomic E-state index is -3.83. The maximum atomic E-state index is 12.1. The zero-order valence-corrected chi connectivity index (χ0v) is 18.5. The van der Waals surface area contributed by atoms with Crippen LogP contribution in [0.1, 0.15) is 18.1 Å². The highest BCUT2D eigenvalue weighted by molar-refractivity contribution is 7.89. The second-order valence-corrected chi connectivity index (χ2v) is 9.24. The van der Waals surface area contributed by atoms with Crippen LogP contribution in [0, 0.1) is 0 Å². The summed E-state index contributed by atoms with van der Waals surface area (Å²) < 4.78 is 24.1. The lowest BCUT2D eigenvalue weighted by atomic mass is 10.1. The first-order valence-corrected chi connectivity index (χ1v) is 11.4. The van der Waals surface area contributed by atoms with Crippen LogP contribution < -0.4 is 20.3 Å². The lowest BCUT2D eigenvalue weighted by Crippen LogP contribution is -2.27. The van der Waals surface area contributed by atoms with Crippen LogP contribution in [0.3, 0.4) is 0 Å². The molecule has 1 aromatic heterocycles. The Bertz CT molecular complexity index is 1200. The molecule has 0 saturated carbocycles. The topological polar surface area (TPSA) is 117 Å². The number of fused-ring (bicyclic) bond motifs is 1. The third-order valence-electron chi connectivity index (χ3n) is 5.14. The normalized spacial score (nSPS) is 15.6. The van der Waals surface area contributed by atoms with E-state index < -0.39 is 10.0 Å². The predicted molar refractivity (Wildman–Crippen MR) is 121 cm³/mol. The van der Waals surface area contributed by atoms with Crippen molar-refractivity contribution < 1.29 is 8.42 Å². The standard InChI is InChI=1S/C21H25N7O2S/c1-14-12-16-17(10-7-11-18(16)31(22,29)30)28(14)21-25-19(24-20(26-21)27(2)3)23-13-15-8-5-4-6-9-15/h4-11,14H,12-13H2,1-3H3,(H2,22,29,30)(H,23,24,25,26). The van der Waals surface area contributed by atoms with Gasteiger partial charge in [-0.3, -0.25) is 0 Å². The Labute approximate surface area is 182 Å². The molecular formula is C21H25N7O2S. The molecule has 0 spiro atoms. The number of hydrogen-bond acceptors (Lipinski definition) is 8. The Morgan fingerprint density at radius 2 is 1.84 bits per heavy atom. The summed E-state index contributed by atoms with van der Waals surface area (Å²) >= 11 is 0. The van der Waals surface area contributed by atoms with E-state index in [0.29, 0.717) is 36.4 Å². The van der Waals surface area contributed by atoms with Gasteiger partial charge < -0.3 is 15.1 Å². The van der Waals surface area contributed by atoms with Gasteiger partial charge in [0, 0.05) is 32.4 Å². The van der Waals surface area contributed by atoms with Crippen molar-refractivity contribution in [2.24, 2.45) is 5.14 Å². The van der Waals surface area contributed by atoms with Crippen molar-refractivity contribution >= 4 is 33.6 Å². The summed E-state index contributed by atoms with van der Waals surface area (Å²) in [4.78, 5) is 17.7. The molecule has 1 aliphatic heterocycles. The summed E-state index contributed by atoms with van der Waals surface area (Å²) in [6, 6.07) is 15.0. The van der Waals surface area contributed by atoms with Crippen LogP contribution >= 0.6 is 0 Å². The Morgan fingerprint density at radius 1 is 1.10 bits per heavy atom. The van der Waals surface area contributed by atoms with Gasteiger partial charge in [-0.1, -0.05) is 36.4 Å². The average Bonchev–Trinajstić information content (AvgIpc) is 3.07. The van der Waals surface area contributed by atoms with Crippen LogP contribution in [-0.4, -0.2) is 43.5 Å². The molecule has 1 aliphatic rings. The molecule has 0 aliphatic carbocycles. The van der Waals surface area contributed by atoms with E-state index in [1.165, 1.54) is 6.07 Å². The number of nitrogens with one attached hydrogen (secondary N) is 1. The lowest BCUT2D eigenvalue weighted by molar-refractivity contribution is 0.596. The Balaban J connectivity index is 1.74. The highest BCUT2D eigenvalue weighted by Gasteiger charge is 2.33. The minimum absolute atomic E-state index is 0.0442. The van der Waals surface area contributed by atoms with E-state index in [-0.39, 0.29) is 10.9 Å². The van der Waals surface area contributed by atoms with Gasteiger partial charge in [-0.15, -0.1) is 0 Å². The molecule has 10 heteroatoms. The van der Waals surface area contributed by atoms with E-state index in [9.17, 15) is 8.42 Å². The summed E-state index contributed by atoms with van der Waals surface area (Å²) in [6.07, 6.45) is 0.525. The largest absolute Gasteiger partial charge is 0.350 e. The maximum absolute atomic E-state index is 12.1. The van der Waals surface area contributed by atoms with Crippen molar-refractivity contribution in [2.45, 2.75) is 30.8 Å². The van der Waals surface area contributed by atoms with Crippen molar-refractivity contribution in [3.8, 4) is 0 Å². The first-order chi connectivity index (χ1) is 14.7. The summed E-state index contributed by atoms with van der Waals surface area (Å²) in [5, 5.41) is 8.70. The summed E-state index contributed by atoms with van der Waals surface area (Å²) in [5.41, 5.74) is 2.53. The molecular weight excluding hydrogens is 414 g/mol. The number of nitrogens with zero attached hydrogens (tertiary/aromatic N) is 5. The molecule has 4 rings (SSSR count). The average molecular weight is 440 g/mol. The molecule has 1 atom stereocenters. The number of nitrogens with two attached hydrogens (primary N) is 1. The number of sulfonamides is 1. The minimum Gasteiger partial charge on any atom is -0.350 e. The van der Waals surface area contributed by atoms with E-state index in [2.05, 4.69) is 20.3 Å². The van der Waals surface area contributed by atoms with E-state index in [0.717, 1.165) is 11.3 Å². The van der Waals surface area contributed by atoms with E-state index in [4.69, 9.17) is 5.14 Å². The second-order valence-electron chi connectivity index (χ2n) is 7.71. The molecule has 0 radical (unpaired) electrons. The first kappa shape index (κ1) is 21.0. The van der Waals surface area contributed by atoms with Gasteiger partial charge in [-0.25, -0.2) is 13.6 Å². The summed E-state index contributed by atoms with van der Waals surface area (Å²) in [5.74, 6) is 1.40. The molecule has 0 amide bonds. The Hall–Kier alpha value is -3.24. The van der Waals surface area contributed by atoms with Crippen molar-refractivity contribution in [1.29, 1.82) is 0 Å².